The van der Waals surface area contributed by atoms with Gasteiger partial charge in [0.1, 0.15) is 0 Å². The Labute approximate surface area is 170 Å². The van der Waals surface area contributed by atoms with Gasteiger partial charge in [-0.1, -0.05) is 29.8 Å². The summed E-state index contributed by atoms with van der Waals surface area (Å²) < 4.78 is 0. The molecule has 0 unspecified atom stereocenters. The lowest BCUT2D eigenvalue weighted by Crippen LogP contribution is -2.24. The predicted octanol–water partition coefficient (Wildman–Crippen LogP) is 4.31. The first-order valence-corrected chi connectivity index (χ1v) is 10.2. The number of nitrogens with zero attached hydrogens (tertiary/aromatic N) is 2. The number of amides is 2. The van der Waals surface area contributed by atoms with E-state index in [1.165, 1.54) is 12.8 Å². The maximum Gasteiger partial charge on any atom is 0.255 e. The molecule has 2 aliphatic rings. The molecule has 146 valence electrons. The third kappa shape index (κ3) is 4.05. The molecule has 2 aliphatic heterocycles. The van der Waals surface area contributed by atoms with Gasteiger partial charge >= 0.3 is 0 Å². The number of anilines is 2. The van der Waals surface area contributed by atoms with E-state index in [0.717, 1.165) is 37.3 Å². The first kappa shape index (κ1) is 19.0. The fourth-order valence-corrected chi connectivity index (χ4v) is 4.14. The fraction of sp³-hybridized carbons (Fsp3) is 0.364. The Morgan fingerprint density at radius 2 is 1.82 bits per heavy atom. The molecule has 2 aromatic carbocycles. The lowest BCUT2D eigenvalue weighted by atomic mass is 10.1. The van der Waals surface area contributed by atoms with Gasteiger partial charge in [0, 0.05) is 30.8 Å². The number of benzene rings is 2. The van der Waals surface area contributed by atoms with Crippen LogP contribution in [-0.4, -0.2) is 36.3 Å². The topological polar surface area (TPSA) is 52.7 Å². The summed E-state index contributed by atoms with van der Waals surface area (Å²) >= 11 is 6.30. The van der Waals surface area contributed by atoms with Crippen molar-refractivity contribution in [3.8, 4) is 0 Å². The number of halogens is 1. The maximum absolute atomic E-state index is 12.9. The number of hydrogen-bond donors (Lipinski definition) is 1. The van der Waals surface area contributed by atoms with Crippen LogP contribution in [0.1, 0.15) is 41.6 Å². The Bertz CT molecular complexity index is 893. The number of carbonyl (C=O) groups is 2. The van der Waals surface area contributed by atoms with E-state index in [9.17, 15) is 9.59 Å². The SMILES string of the molecule is O=C(Nc1ccccc1CN1CCCC1)c1ccc(Cl)c(N2CCCC2=O)c1. The van der Waals surface area contributed by atoms with E-state index in [1.807, 2.05) is 18.2 Å². The molecule has 0 aromatic heterocycles. The molecule has 6 heteroatoms. The van der Waals surface area contributed by atoms with E-state index in [2.05, 4.69) is 16.3 Å². The molecule has 0 radical (unpaired) electrons. The molecule has 5 nitrogen and oxygen atoms in total. The highest BCUT2D eigenvalue weighted by Crippen LogP contribution is 2.31. The summed E-state index contributed by atoms with van der Waals surface area (Å²) in [5, 5.41) is 3.52. The van der Waals surface area contributed by atoms with Crippen LogP contribution in [0.15, 0.2) is 42.5 Å². The van der Waals surface area contributed by atoms with Crippen molar-refractivity contribution in [2.75, 3.05) is 29.9 Å². The molecule has 0 atom stereocenters. The molecule has 0 bridgehead atoms. The van der Waals surface area contributed by atoms with Crippen LogP contribution in [-0.2, 0) is 11.3 Å². The average Bonchev–Trinajstić information content (AvgIpc) is 3.35. The molecule has 2 amide bonds. The second-order valence-electron chi connectivity index (χ2n) is 7.41. The number of likely N-dealkylation sites (tertiary alicyclic amines) is 1. The summed E-state index contributed by atoms with van der Waals surface area (Å²) in [6, 6.07) is 13.0. The summed E-state index contributed by atoms with van der Waals surface area (Å²) in [6.45, 7) is 3.69. The van der Waals surface area contributed by atoms with Gasteiger partial charge in [0.05, 0.1) is 10.7 Å². The Morgan fingerprint density at radius 3 is 2.57 bits per heavy atom. The molecule has 4 rings (SSSR count). The van der Waals surface area contributed by atoms with E-state index in [1.54, 1.807) is 23.1 Å². The van der Waals surface area contributed by atoms with Crippen molar-refractivity contribution in [1.29, 1.82) is 0 Å². The van der Waals surface area contributed by atoms with Gasteiger partial charge in [-0.05, 0) is 62.2 Å². The zero-order chi connectivity index (χ0) is 19.5. The van der Waals surface area contributed by atoms with Crippen LogP contribution in [0.4, 0.5) is 11.4 Å². The Balaban J connectivity index is 1.53. The van der Waals surface area contributed by atoms with Gasteiger partial charge in [0.25, 0.3) is 5.91 Å². The highest BCUT2D eigenvalue weighted by molar-refractivity contribution is 6.34. The van der Waals surface area contributed by atoms with Crippen LogP contribution in [0.2, 0.25) is 5.02 Å². The molecule has 1 N–H and O–H groups in total. The third-order valence-electron chi connectivity index (χ3n) is 5.43. The summed E-state index contributed by atoms with van der Waals surface area (Å²) in [5.41, 5.74) is 3.05. The molecule has 0 spiro atoms. The van der Waals surface area contributed by atoms with Gasteiger partial charge in [-0.15, -0.1) is 0 Å². The zero-order valence-electron chi connectivity index (χ0n) is 15.8. The molecule has 2 fully saturated rings. The second kappa shape index (κ2) is 8.33. The van der Waals surface area contributed by atoms with Crippen molar-refractivity contribution < 1.29 is 9.59 Å². The smallest absolute Gasteiger partial charge is 0.255 e. The number of hydrogen-bond acceptors (Lipinski definition) is 3. The number of rotatable bonds is 5. The van der Waals surface area contributed by atoms with Crippen molar-refractivity contribution in [2.24, 2.45) is 0 Å². The Morgan fingerprint density at radius 1 is 1.04 bits per heavy atom. The molecular weight excluding hydrogens is 374 g/mol. The summed E-state index contributed by atoms with van der Waals surface area (Å²) in [4.78, 5) is 29.0. The van der Waals surface area contributed by atoms with Gasteiger partial charge in [0.2, 0.25) is 5.91 Å². The van der Waals surface area contributed by atoms with Crippen LogP contribution < -0.4 is 10.2 Å². The van der Waals surface area contributed by atoms with Crippen molar-refractivity contribution >= 4 is 34.8 Å². The van der Waals surface area contributed by atoms with Crippen LogP contribution >= 0.6 is 11.6 Å². The largest absolute Gasteiger partial charge is 0.322 e. The summed E-state index contributed by atoms with van der Waals surface area (Å²) in [7, 11) is 0. The minimum absolute atomic E-state index is 0.0513. The van der Waals surface area contributed by atoms with Crippen LogP contribution in [0.3, 0.4) is 0 Å². The first-order chi connectivity index (χ1) is 13.6. The van der Waals surface area contributed by atoms with Gasteiger partial charge < -0.3 is 10.2 Å². The quantitative estimate of drug-likeness (QED) is 0.817. The van der Waals surface area contributed by atoms with Gasteiger partial charge in [-0.2, -0.15) is 0 Å². The Hall–Kier alpha value is -2.37. The minimum Gasteiger partial charge on any atom is -0.322 e. The molecule has 0 saturated carbocycles. The average molecular weight is 398 g/mol. The number of nitrogens with one attached hydrogen (secondary N) is 1. The standard InChI is InChI=1S/C22H24ClN3O2/c23-18-10-9-16(14-20(18)26-13-5-8-21(26)27)22(28)24-19-7-2-1-6-17(19)15-25-11-3-4-12-25/h1-2,6-7,9-10,14H,3-5,8,11-13,15H2,(H,24,28). The highest BCUT2D eigenvalue weighted by atomic mass is 35.5. The fourth-order valence-electron chi connectivity index (χ4n) is 3.92. The monoisotopic (exact) mass is 397 g/mol. The lowest BCUT2D eigenvalue weighted by Gasteiger charge is -2.19. The van der Waals surface area contributed by atoms with Crippen LogP contribution in [0.25, 0.3) is 0 Å². The summed E-state index contributed by atoms with van der Waals surface area (Å²) in [5.74, 6) is -0.145. The number of para-hydroxylation sites is 1. The van der Waals surface area contributed by atoms with Gasteiger partial charge in [-0.25, -0.2) is 0 Å². The van der Waals surface area contributed by atoms with Crippen LogP contribution in [0, 0.1) is 0 Å². The van der Waals surface area contributed by atoms with Crippen molar-refractivity contribution in [3.05, 3.63) is 58.6 Å². The van der Waals surface area contributed by atoms with Crippen LogP contribution in [0.5, 0.6) is 0 Å². The van der Waals surface area contributed by atoms with E-state index >= 15 is 0 Å². The normalized spacial score (nSPS) is 17.3. The van der Waals surface area contributed by atoms with Gasteiger partial charge in [-0.3, -0.25) is 14.5 Å². The lowest BCUT2D eigenvalue weighted by molar-refractivity contribution is -0.117. The highest BCUT2D eigenvalue weighted by Gasteiger charge is 2.24. The van der Waals surface area contributed by atoms with Crippen molar-refractivity contribution in [2.45, 2.75) is 32.2 Å². The minimum atomic E-state index is -0.196. The van der Waals surface area contributed by atoms with E-state index < -0.39 is 0 Å². The van der Waals surface area contributed by atoms with Crippen molar-refractivity contribution in [3.63, 3.8) is 0 Å². The predicted molar refractivity (Wildman–Crippen MR) is 112 cm³/mol. The molecule has 2 saturated heterocycles. The molecule has 2 heterocycles. The van der Waals surface area contributed by atoms with Crippen molar-refractivity contribution in [1.82, 2.24) is 4.90 Å². The molecule has 0 aliphatic carbocycles. The maximum atomic E-state index is 12.9. The van der Waals surface area contributed by atoms with Gasteiger partial charge in [0.15, 0.2) is 0 Å². The first-order valence-electron chi connectivity index (χ1n) is 9.83. The molecule has 28 heavy (non-hydrogen) atoms. The van der Waals surface area contributed by atoms with E-state index in [-0.39, 0.29) is 11.8 Å². The number of carbonyl (C=O) groups excluding carboxylic acids is 2. The third-order valence-corrected chi connectivity index (χ3v) is 5.75. The second-order valence-corrected chi connectivity index (χ2v) is 7.82. The summed E-state index contributed by atoms with van der Waals surface area (Å²) in [6.07, 6.45) is 3.81. The Kier molecular flexibility index (Phi) is 5.64. The van der Waals surface area contributed by atoms with E-state index in [4.69, 9.17) is 11.6 Å². The molecular formula is C22H24ClN3O2. The van der Waals surface area contributed by atoms with E-state index in [0.29, 0.717) is 29.2 Å². The molecule has 2 aromatic rings. The zero-order valence-corrected chi connectivity index (χ0v) is 16.5.